The van der Waals surface area contributed by atoms with Crippen molar-refractivity contribution in [2.45, 2.75) is 19.4 Å². The molecule has 3 rings (SSSR count). The Morgan fingerprint density at radius 2 is 1.97 bits per heavy atom. The van der Waals surface area contributed by atoms with Crippen molar-refractivity contribution in [3.63, 3.8) is 0 Å². The van der Waals surface area contributed by atoms with Crippen LogP contribution in [0.1, 0.15) is 18.7 Å². The standard InChI is InChI=1S/C21H19ClFN3O2S/c1-21(2,28-15-6-7-16(22)17(23)10-15)20(27)26-14-5-3-4-12(8-14)13-9-18(19(24)25)29-11-13/h3-11H,1-2H3,(H3,24,25)(H,26,27). The van der Waals surface area contributed by atoms with Crippen LogP contribution in [0.2, 0.25) is 5.02 Å². The third kappa shape index (κ3) is 4.93. The van der Waals surface area contributed by atoms with Gasteiger partial charge in [0.05, 0.1) is 9.90 Å². The number of halogens is 2. The summed E-state index contributed by atoms with van der Waals surface area (Å²) in [5.74, 6) is -0.785. The zero-order valence-corrected chi connectivity index (χ0v) is 17.3. The van der Waals surface area contributed by atoms with Crippen LogP contribution in [0.3, 0.4) is 0 Å². The van der Waals surface area contributed by atoms with Crippen LogP contribution in [0, 0.1) is 11.2 Å². The number of amides is 1. The molecule has 0 aliphatic rings. The van der Waals surface area contributed by atoms with Gasteiger partial charge in [0.2, 0.25) is 0 Å². The van der Waals surface area contributed by atoms with E-state index < -0.39 is 11.4 Å². The van der Waals surface area contributed by atoms with Crippen LogP contribution in [-0.2, 0) is 4.79 Å². The predicted octanol–water partition coefficient (Wildman–Crippen LogP) is 5.29. The number of ether oxygens (including phenoxy) is 1. The summed E-state index contributed by atoms with van der Waals surface area (Å²) in [6.07, 6.45) is 0. The molecule has 0 atom stereocenters. The Kier molecular flexibility index (Phi) is 5.91. The van der Waals surface area contributed by atoms with E-state index in [1.807, 2.05) is 29.6 Å². The molecule has 1 aromatic heterocycles. The minimum absolute atomic E-state index is 0.0159. The molecule has 4 N–H and O–H groups in total. The number of carbonyl (C=O) groups excluding carboxylic acids is 1. The molecule has 0 saturated heterocycles. The zero-order valence-electron chi connectivity index (χ0n) is 15.8. The summed E-state index contributed by atoms with van der Waals surface area (Å²) < 4.78 is 19.3. The fourth-order valence-electron chi connectivity index (χ4n) is 2.57. The minimum Gasteiger partial charge on any atom is -0.478 e. The maximum atomic E-state index is 13.6. The van der Waals surface area contributed by atoms with E-state index in [0.29, 0.717) is 10.6 Å². The Morgan fingerprint density at radius 1 is 1.21 bits per heavy atom. The highest BCUT2D eigenvalue weighted by Crippen LogP contribution is 2.28. The van der Waals surface area contributed by atoms with Crippen molar-refractivity contribution >= 4 is 40.4 Å². The van der Waals surface area contributed by atoms with E-state index in [9.17, 15) is 9.18 Å². The van der Waals surface area contributed by atoms with Gasteiger partial charge in [-0.3, -0.25) is 10.2 Å². The van der Waals surface area contributed by atoms with Gasteiger partial charge >= 0.3 is 0 Å². The molecule has 0 spiro atoms. The van der Waals surface area contributed by atoms with Gasteiger partial charge in [0.15, 0.2) is 5.60 Å². The number of nitrogens with one attached hydrogen (secondary N) is 2. The van der Waals surface area contributed by atoms with Crippen molar-refractivity contribution in [2.75, 3.05) is 5.32 Å². The van der Waals surface area contributed by atoms with Crippen LogP contribution in [0.4, 0.5) is 10.1 Å². The average Bonchev–Trinajstić information content (AvgIpc) is 3.15. The topological polar surface area (TPSA) is 88.2 Å². The maximum absolute atomic E-state index is 13.6. The lowest BCUT2D eigenvalue weighted by Gasteiger charge is -2.25. The molecule has 1 amide bonds. The molecule has 29 heavy (non-hydrogen) atoms. The number of amidine groups is 1. The average molecular weight is 432 g/mol. The fraction of sp³-hybridized carbons (Fsp3) is 0.143. The summed E-state index contributed by atoms with van der Waals surface area (Å²) in [6.45, 7) is 3.19. The molecule has 5 nitrogen and oxygen atoms in total. The van der Waals surface area contributed by atoms with Crippen LogP contribution in [0.5, 0.6) is 5.75 Å². The smallest absolute Gasteiger partial charge is 0.267 e. The van der Waals surface area contributed by atoms with Gasteiger partial charge in [-0.05, 0) is 60.7 Å². The molecule has 8 heteroatoms. The van der Waals surface area contributed by atoms with E-state index in [-0.39, 0.29) is 22.5 Å². The van der Waals surface area contributed by atoms with E-state index in [2.05, 4.69) is 5.32 Å². The van der Waals surface area contributed by atoms with E-state index in [1.54, 1.807) is 19.9 Å². The molecule has 0 bridgehead atoms. The third-order valence-corrected chi connectivity index (χ3v) is 5.40. The van der Waals surface area contributed by atoms with E-state index in [1.165, 1.54) is 23.5 Å². The number of thiophene rings is 1. The Balaban J connectivity index is 1.75. The fourth-order valence-corrected chi connectivity index (χ4v) is 3.47. The van der Waals surface area contributed by atoms with Gasteiger partial charge < -0.3 is 15.8 Å². The summed E-state index contributed by atoms with van der Waals surface area (Å²) in [6, 6.07) is 13.2. The largest absolute Gasteiger partial charge is 0.478 e. The summed E-state index contributed by atoms with van der Waals surface area (Å²) in [5.41, 5.74) is 6.64. The number of rotatable bonds is 6. The molecular weight excluding hydrogens is 413 g/mol. The number of nitrogen functional groups attached to an aromatic ring is 1. The first kappa shape index (κ1) is 20.8. The van der Waals surface area contributed by atoms with Crippen LogP contribution >= 0.6 is 22.9 Å². The van der Waals surface area contributed by atoms with Crippen LogP contribution in [0.15, 0.2) is 53.9 Å². The lowest BCUT2D eigenvalue weighted by atomic mass is 10.1. The van der Waals surface area contributed by atoms with Crippen molar-refractivity contribution in [2.24, 2.45) is 5.73 Å². The van der Waals surface area contributed by atoms with Crippen LogP contribution in [-0.4, -0.2) is 17.3 Å². The minimum atomic E-state index is -1.25. The SMILES string of the molecule is CC(C)(Oc1ccc(Cl)c(F)c1)C(=O)Nc1cccc(-c2csc(C(=N)N)c2)c1. The predicted molar refractivity (Wildman–Crippen MR) is 116 cm³/mol. The highest BCUT2D eigenvalue weighted by Gasteiger charge is 2.30. The maximum Gasteiger partial charge on any atom is 0.267 e. The van der Waals surface area contributed by atoms with Gasteiger partial charge in [-0.15, -0.1) is 11.3 Å². The van der Waals surface area contributed by atoms with E-state index in [0.717, 1.165) is 17.2 Å². The van der Waals surface area contributed by atoms with Crippen LogP contribution < -0.4 is 15.8 Å². The number of anilines is 1. The number of nitrogens with two attached hydrogens (primary N) is 1. The van der Waals surface area contributed by atoms with Crippen molar-refractivity contribution < 1.29 is 13.9 Å². The second-order valence-electron chi connectivity index (χ2n) is 6.84. The van der Waals surface area contributed by atoms with Gasteiger partial charge in [0.25, 0.3) is 5.91 Å². The quantitative estimate of drug-likeness (QED) is 0.366. The highest BCUT2D eigenvalue weighted by atomic mass is 35.5. The molecule has 2 aromatic carbocycles. The van der Waals surface area contributed by atoms with Gasteiger partial charge in [0, 0.05) is 11.8 Å². The molecule has 0 aliphatic heterocycles. The molecule has 0 saturated carbocycles. The summed E-state index contributed by atoms with van der Waals surface area (Å²) in [7, 11) is 0. The first-order valence-corrected chi connectivity index (χ1v) is 9.90. The van der Waals surface area contributed by atoms with Crippen molar-refractivity contribution in [1.82, 2.24) is 0 Å². The molecule has 1 heterocycles. The number of hydrogen-bond donors (Lipinski definition) is 3. The van der Waals surface area contributed by atoms with Gasteiger partial charge in [-0.25, -0.2) is 4.39 Å². The molecular formula is C21H19ClFN3O2S. The summed E-state index contributed by atoms with van der Waals surface area (Å²) in [5, 5.41) is 12.2. The Bertz CT molecular complexity index is 1080. The van der Waals surface area contributed by atoms with Crippen molar-refractivity contribution in [3.8, 4) is 16.9 Å². The monoisotopic (exact) mass is 431 g/mol. The summed E-state index contributed by atoms with van der Waals surface area (Å²) in [4.78, 5) is 13.4. The normalized spacial score (nSPS) is 11.2. The van der Waals surface area contributed by atoms with Crippen molar-refractivity contribution in [1.29, 1.82) is 5.41 Å². The van der Waals surface area contributed by atoms with E-state index >= 15 is 0 Å². The van der Waals surface area contributed by atoms with Gasteiger partial charge in [-0.2, -0.15) is 0 Å². The van der Waals surface area contributed by atoms with Gasteiger partial charge in [-0.1, -0.05) is 23.7 Å². The number of benzene rings is 2. The molecule has 3 aromatic rings. The second kappa shape index (κ2) is 8.23. The molecule has 0 radical (unpaired) electrons. The lowest BCUT2D eigenvalue weighted by molar-refractivity contribution is -0.128. The second-order valence-corrected chi connectivity index (χ2v) is 8.15. The van der Waals surface area contributed by atoms with E-state index in [4.69, 9.17) is 27.5 Å². The number of carbonyl (C=O) groups is 1. The highest BCUT2D eigenvalue weighted by molar-refractivity contribution is 7.12. The zero-order chi connectivity index (χ0) is 21.2. The Hall–Kier alpha value is -2.90. The summed E-state index contributed by atoms with van der Waals surface area (Å²) >= 11 is 7.06. The lowest BCUT2D eigenvalue weighted by Crippen LogP contribution is -2.42. The first-order chi connectivity index (χ1) is 13.7. The third-order valence-electron chi connectivity index (χ3n) is 4.13. The van der Waals surface area contributed by atoms with Crippen molar-refractivity contribution in [3.05, 3.63) is 69.6 Å². The molecule has 0 fully saturated rings. The molecule has 0 unspecified atom stereocenters. The van der Waals surface area contributed by atoms with Crippen LogP contribution in [0.25, 0.3) is 11.1 Å². The Morgan fingerprint density at radius 3 is 2.62 bits per heavy atom. The Labute approximate surface area is 176 Å². The molecule has 150 valence electrons. The molecule has 0 aliphatic carbocycles. The van der Waals surface area contributed by atoms with Gasteiger partial charge in [0.1, 0.15) is 17.4 Å². The number of hydrogen-bond acceptors (Lipinski definition) is 4. The first-order valence-electron chi connectivity index (χ1n) is 8.64.